The zero-order valence-electron chi connectivity index (χ0n) is 11.1. The summed E-state index contributed by atoms with van der Waals surface area (Å²) in [6.07, 6.45) is 0. The molecule has 7 heteroatoms. The van der Waals surface area contributed by atoms with Gasteiger partial charge in [0.15, 0.2) is 0 Å². The smallest absolute Gasteiger partial charge is 0.329 e. The van der Waals surface area contributed by atoms with Crippen molar-refractivity contribution in [2.45, 2.75) is 6.92 Å². The van der Waals surface area contributed by atoms with Crippen LogP contribution in [0.2, 0.25) is 0 Å². The minimum absolute atomic E-state index is 0.0763. The third-order valence-corrected chi connectivity index (χ3v) is 2.45. The monoisotopic (exact) mass is 284 g/mol. The first-order valence-electron chi connectivity index (χ1n) is 6.15. The average molecular weight is 284 g/mol. The summed E-state index contributed by atoms with van der Waals surface area (Å²) in [7, 11) is 0. The fourth-order valence-electron chi connectivity index (χ4n) is 1.58. The molecule has 0 saturated carbocycles. The van der Waals surface area contributed by atoms with Crippen LogP contribution >= 0.6 is 0 Å². The van der Waals surface area contributed by atoms with Gasteiger partial charge in [0.2, 0.25) is 0 Å². The molecule has 0 bridgehead atoms. The van der Waals surface area contributed by atoms with Crippen LogP contribution in [-0.2, 0) is 9.53 Å². The predicted molar refractivity (Wildman–Crippen MR) is 71.3 cm³/mol. The molecule has 0 unspecified atom stereocenters. The van der Waals surface area contributed by atoms with E-state index in [1.165, 1.54) is 17.0 Å². The number of carbonyl (C=O) groups is 2. The lowest BCUT2D eigenvalue weighted by Gasteiger charge is -2.21. The number of hydrogen-bond acceptors (Lipinski definition) is 3. The number of aliphatic carboxylic acids is 1. The van der Waals surface area contributed by atoms with Crippen LogP contribution in [0.1, 0.15) is 6.92 Å². The lowest BCUT2D eigenvalue weighted by atomic mass is 10.3. The van der Waals surface area contributed by atoms with Crippen molar-refractivity contribution < 1.29 is 23.8 Å². The first-order chi connectivity index (χ1) is 9.56. The number of amides is 2. The summed E-state index contributed by atoms with van der Waals surface area (Å²) in [6.45, 7) is 1.85. The molecule has 0 aliphatic rings. The molecule has 0 spiro atoms. The second kappa shape index (κ2) is 8.11. The highest BCUT2D eigenvalue weighted by Crippen LogP contribution is 2.18. The number of urea groups is 1. The lowest BCUT2D eigenvalue weighted by Crippen LogP contribution is -2.41. The van der Waals surface area contributed by atoms with Gasteiger partial charge in [0, 0.05) is 13.1 Å². The van der Waals surface area contributed by atoms with Crippen LogP contribution < -0.4 is 10.2 Å². The molecule has 2 amide bonds. The molecule has 0 heterocycles. The summed E-state index contributed by atoms with van der Waals surface area (Å²) in [4.78, 5) is 23.4. The van der Waals surface area contributed by atoms with E-state index >= 15 is 0 Å². The Morgan fingerprint density at radius 1 is 1.40 bits per heavy atom. The van der Waals surface area contributed by atoms with E-state index in [9.17, 15) is 14.0 Å². The van der Waals surface area contributed by atoms with Gasteiger partial charge in [-0.05, 0) is 19.1 Å². The van der Waals surface area contributed by atoms with Crippen molar-refractivity contribution in [3.63, 3.8) is 0 Å². The van der Waals surface area contributed by atoms with Crippen molar-refractivity contribution in [3.8, 4) is 0 Å². The Labute approximate surface area is 116 Å². The van der Waals surface area contributed by atoms with Gasteiger partial charge >= 0.3 is 12.0 Å². The van der Waals surface area contributed by atoms with Crippen molar-refractivity contribution in [2.75, 3.05) is 31.2 Å². The number of rotatable bonds is 7. The van der Waals surface area contributed by atoms with Gasteiger partial charge in [-0.25, -0.2) is 14.0 Å². The van der Waals surface area contributed by atoms with Gasteiger partial charge < -0.3 is 15.2 Å². The normalized spacial score (nSPS) is 10.1. The minimum Gasteiger partial charge on any atom is -0.480 e. The highest BCUT2D eigenvalue weighted by atomic mass is 19.1. The highest BCUT2D eigenvalue weighted by molar-refractivity contribution is 5.91. The Balaban J connectivity index is 2.48. The number of hydrogen-bond donors (Lipinski definition) is 2. The zero-order valence-corrected chi connectivity index (χ0v) is 11.1. The van der Waals surface area contributed by atoms with Gasteiger partial charge in [-0.1, -0.05) is 12.1 Å². The van der Waals surface area contributed by atoms with E-state index in [-0.39, 0.29) is 18.8 Å². The van der Waals surface area contributed by atoms with Crippen LogP contribution in [0.15, 0.2) is 24.3 Å². The van der Waals surface area contributed by atoms with E-state index in [0.717, 1.165) is 0 Å². The number of benzene rings is 1. The zero-order chi connectivity index (χ0) is 15.0. The molecule has 1 aromatic rings. The Hall–Kier alpha value is -2.15. The molecule has 6 nitrogen and oxygen atoms in total. The topological polar surface area (TPSA) is 78.9 Å². The number of carbonyl (C=O) groups excluding carboxylic acids is 1. The fourth-order valence-corrected chi connectivity index (χ4v) is 1.58. The van der Waals surface area contributed by atoms with Gasteiger partial charge in [0.05, 0.1) is 12.3 Å². The number of para-hydroxylation sites is 1. The highest BCUT2D eigenvalue weighted by Gasteiger charge is 2.16. The molecule has 0 aliphatic heterocycles. The molecule has 0 atom stereocenters. The average Bonchev–Trinajstić information content (AvgIpc) is 2.41. The minimum atomic E-state index is -1.07. The molecule has 1 rings (SSSR count). The van der Waals surface area contributed by atoms with Gasteiger partial charge in [0.1, 0.15) is 12.4 Å². The summed E-state index contributed by atoms with van der Waals surface area (Å²) in [6, 6.07) is 5.52. The standard InChI is InChI=1S/C13H17FN2O4/c1-2-16(11-6-4-3-5-10(11)14)13(19)15-7-8-20-9-12(17)18/h3-6H,2,7-9H2,1H3,(H,15,19)(H,17,18). The molecule has 2 N–H and O–H groups in total. The molecule has 0 fully saturated rings. The van der Waals surface area contributed by atoms with Gasteiger partial charge in [0.25, 0.3) is 0 Å². The van der Waals surface area contributed by atoms with Gasteiger partial charge in [-0.15, -0.1) is 0 Å². The van der Waals surface area contributed by atoms with Crippen LogP contribution in [0.25, 0.3) is 0 Å². The van der Waals surface area contributed by atoms with E-state index in [4.69, 9.17) is 9.84 Å². The molecule has 1 aromatic carbocycles. The van der Waals surface area contributed by atoms with Crippen molar-refractivity contribution >= 4 is 17.7 Å². The second-order valence-corrected chi connectivity index (χ2v) is 3.87. The Morgan fingerprint density at radius 2 is 2.10 bits per heavy atom. The number of anilines is 1. The van der Waals surface area contributed by atoms with E-state index in [2.05, 4.69) is 5.32 Å². The number of carboxylic acids is 1. The summed E-state index contributed by atoms with van der Waals surface area (Å²) >= 11 is 0. The Bertz CT molecular complexity index is 467. The van der Waals surface area contributed by atoms with E-state index < -0.39 is 24.4 Å². The van der Waals surface area contributed by atoms with Crippen LogP contribution in [0.3, 0.4) is 0 Å². The number of nitrogens with one attached hydrogen (secondary N) is 1. The van der Waals surface area contributed by atoms with Crippen molar-refractivity contribution in [2.24, 2.45) is 0 Å². The number of nitrogens with zero attached hydrogens (tertiary/aromatic N) is 1. The van der Waals surface area contributed by atoms with Crippen molar-refractivity contribution in [1.82, 2.24) is 5.32 Å². The molecular weight excluding hydrogens is 267 g/mol. The predicted octanol–water partition coefficient (Wildman–Crippen LogP) is 1.46. The largest absolute Gasteiger partial charge is 0.480 e. The van der Waals surface area contributed by atoms with Crippen LogP contribution in [0.5, 0.6) is 0 Å². The van der Waals surface area contributed by atoms with E-state index in [0.29, 0.717) is 6.54 Å². The van der Waals surface area contributed by atoms with Crippen molar-refractivity contribution in [3.05, 3.63) is 30.1 Å². The molecule has 0 radical (unpaired) electrons. The van der Waals surface area contributed by atoms with Crippen LogP contribution in [0, 0.1) is 5.82 Å². The molecule has 20 heavy (non-hydrogen) atoms. The SMILES string of the molecule is CCN(C(=O)NCCOCC(=O)O)c1ccccc1F. The summed E-state index contributed by atoms with van der Waals surface area (Å²) in [5, 5.41) is 10.9. The number of ether oxygens (including phenoxy) is 1. The maximum atomic E-state index is 13.6. The molecular formula is C13H17FN2O4. The van der Waals surface area contributed by atoms with Crippen LogP contribution in [-0.4, -0.2) is 43.4 Å². The summed E-state index contributed by atoms with van der Waals surface area (Å²) < 4.78 is 18.4. The third-order valence-electron chi connectivity index (χ3n) is 2.45. The van der Waals surface area contributed by atoms with Gasteiger partial charge in [-0.3, -0.25) is 4.90 Å². The fraction of sp³-hybridized carbons (Fsp3) is 0.385. The van der Waals surface area contributed by atoms with E-state index in [1.54, 1.807) is 19.1 Å². The van der Waals surface area contributed by atoms with Crippen molar-refractivity contribution in [1.29, 1.82) is 0 Å². The Morgan fingerprint density at radius 3 is 2.70 bits per heavy atom. The molecule has 110 valence electrons. The maximum Gasteiger partial charge on any atom is 0.329 e. The first-order valence-corrected chi connectivity index (χ1v) is 6.15. The molecule has 0 aliphatic carbocycles. The summed E-state index contributed by atoms with van der Waals surface area (Å²) in [5.41, 5.74) is 0.193. The summed E-state index contributed by atoms with van der Waals surface area (Å²) in [5.74, 6) is -1.55. The maximum absolute atomic E-state index is 13.6. The first kappa shape index (κ1) is 15.9. The molecule has 0 aromatic heterocycles. The third kappa shape index (κ3) is 4.85. The number of carboxylic acid groups (broad SMARTS) is 1. The lowest BCUT2D eigenvalue weighted by molar-refractivity contribution is -0.142. The van der Waals surface area contributed by atoms with E-state index in [1.807, 2.05) is 0 Å². The second-order valence-electron chi connectivity index (χ2n) is 3.87. The quantitative estimate of drug-likeness (QED) is 0.743. The Kier molecular flexibility index (Phi) is 6.45. The van der Waals surface area contributed by atoms with Crippen LogP contribution in [0.4, 0.5) is 14.9 Å². The van der Waals surface area contributed by atoms with Gasteiger partial charge in [-0.2, -0.15) is 0 Å². The number of halogens is 1. The molecule has 0 saturated heterocycles.